The Hall–Kier alpha value is -1.59. The van der Waals surface area contributed by atoms with Gasteiger partial charge >= 0.3 is 6.09 Å². The Morgan fingerprint density at radius 1 is 1.27 bits per heavy atom. The predicted molar refractivity (Wildman–Crippen MR) is 85.3 cm³/mol. The lowest BCUT2D eigenvalue weighted by molar-refractivity contribution is 0.0488. The molecule has 6 heteroatoms. The summed E-state index contributed by atoms with van der Waals surface area (Å²) in [6, 6.07) is 6.59. The first kappa shape index (κ1) is 18.5. The lowest BCUT2D eigenvalue weighted by Gasteiger charge is -2.20. The zero-order chi connectivity index (χ0) is 16.8. The SMILES string of the molecule is CC(C)(C)OC(=O)NCC(O)CCC(=O)c1ccc(Cl)cc1. The van der Waals surface area contributed by atoms with Crippen molar-refractivity contribution in [1.82, 2.24) is 5.32 Å². The molecule has 0 fully saturated rings. The van der Waals surface area contributed by atoms with Crippen LogP contribution in [0.1, 0.15) is 44.0 Å². The summed E-state index contributed by atoms with van der Waals surface area (Å²) in [5.74, 6) is -0.0759. The summed E-state index contributed by atoms with van der Waals surface area (Å²) >= 11 is 5.76. The number of aliphatic hydroxyl groups is 1. The third-order valence-electron chi connectivity index (χ3n) is 2.75. The van der Waals surface area contributed by atoms with Crippen molar-refractivity contribution in [3.8, 4) is 0 Å². The van der Waals surface area contributed by atoms with Crippen LogP contribution in [-0.2, 0) is 4.74 Å². The first-order valence-electron chi connectivity index (χ1n) is 7.11. The highest BCUT2D eigenvalue weighted by Crippen LogP contribution is 2.12. The van der Waals surface area contributed by atoms with Gasteiger partial charge < -0.3 is 15.2 Å². The number of hydrogen-bond donors (Lipinski definition) is 2. The Kier molecular flexibility index (Phi) is 6.84. The Morgan fingerprint density at radius 2 is 1.86 bits per heavy atom. The molecule has 1 atom stereocenters. The number of carbonyl (C=O) groups excluding carboxylic acids is 2. The summed E-state index contributed by atoms with van der Waals surface area (Å²) in [5.41, 5.74) is -0.0312. The van der Waals surface area contributed by atoms with Crippen LogP contribution < -0.4 is 5.32 Å². The Labute approximate surface area is 135 Å². The summed E-state index contributed by atoms with van der Waals surface area (Å²) in [5, 5.41) is 12.8. The number of carbonyl (C=O) groups is 2. The summed E-state index contributed by atoms with van der Waals surface area (Å²) < 4.78 is 5.05. The number of ketones is 1. The van der Waals surface area contributed by atoms with Crippen LogP contribution in [0.15, 0.2) is 24.3 Å². The van der Waals surface area contributed by atoms with E-state index in [1.807, 2.05) is 0 Å². The fourth-order valence-electron chi connectivity index (χ4n) is 1.70. The average Bonchev–Trinajstić information content (AvgIpc) is 2.41. The molecular formula is C16H22ClNO4. The number of aliphatic hydroxyl groups excluding tert-OH is 1. The molecule has 0 spiro atoms. The minimum Gasteiger partial charge on any atom is -0.444 e. The lowest BCUT2D eigenvalue weighted by Crippen LogP contribution is -2.37. The van der Waals surface area contributed by atoms with E-state index >= 15 is 0 Å². The van der Waals surface area contributed by atoms with Crippen molar-refractivity contribution in [1.29, 1.82) is 0 Å². The maximum absolute atomic E-state index is 11.9. The van der Waals surface area contributed by atoms with Crippen LogP contribution in [0, 0.1) is 0 Å². The number of ether oxygens (including phenoxy) is 1. The highest BCUT2D eigenvalue weighted by atomic mass is 35.5. The lowest BCUT2D eigenvalue weighted by atomic mass is 10.0. The molecule has 0 radical (unpaired) electrons. The molecule has 0 aliphatic heterocycles. The fraction of sp³-hybridized carbons (Fsp3) is 0.500. The Morgan fingerprint density at radius 3 is 2.41 bits per heavy atom. The van der Waals surface area contributed by atoms with Gasteiger partial charge in [-0.05, 0) is 51.5 Å². The van der Waals surface area contributed by atoms with E-state index in [0.717, 1.165) is 0 Å². The highest BCUT2D eigenvalue weighted by Gasteiger charge is 2.17. The smallest absolute Gasteiger partial charge is 0.407 e. The molecule has 122 valence electrons. The zero-order valence-electron chi connectivity index (χ0n) is 13.1. The second-order valence-electron chi connectivity index (χ2n) is 6.01. The van der Waals surface area contributed by atoms with Crippen LogP contribution in [0.5, 0.6) is 0 Å². The van der Waals surface area contributed by atoms with Crippen LogP contribution >= 0.6 is 11.6 Å². The first-order chi connectivity index (χ1) is 10.2. The van der Waals surface area contributed by atoms with Gasteiger partial charge in [0.1, 0.15) is 5.60 Å². The van der Waals surface area contributed by atoms with Crippen LogP contribution in [0.3, 0.4) is 0 Å². The zero-order valence-corrected chi connectivity index (χ0v) is 13.8. The van der Waals surface area contributed by atoms with Crippen LogP contribution in [0.25, 0.3) is 0 Å². The average molecular weight is 328 g/mol. The van der Waals surface area contributed by atoms with Gasteiger partial charge in [0, 0.05) is 23.6 Å². The molecule has 0 bridgehead atoms. The number of nitrogens with one attached hydrogen (secondary N) is 1. The molecule has 1 amide bonds. The molecule has 5 nitrogen and oxygen atoms in total. The van der Waals surface area contributed by atoms with Gasteiger partial charge in [-0.15, -0.1) is 0 Å². The van der Waals surface area contributed by atoms with E-state index in [0.29, 0.717) is 10.6 Å². The van der Waals surface area contributed by atoms with Gasteiger partial charge in [-0.3, -0.25) is 4.79 Å². The number of rotatable bonds is 6. The Balaban J connectivity index is 2.31. The summed E-state index contributed by atoms with van der Waals surface area (Å²) in [4.78, 5) is 23.4. The van der Waals surface area contributed by atoms with Crippen LogP contribution in [-0.4, -0.2) is 35.2 Å². The van der Waals surface area contributed by atoms with Gasteiger partial charge in [-0.2, -0.15) is 0 Å². The summed E-state index contributed by atoms with van der Waals surface area (Å²) in [6.07, 6.45) is -0.935. The molecular weight excluding hydrogens is 306 g/mol. The van der Waals surface area contributed by atoms with Crippen molar-refractivity contribution >= 4 is 23.5 Å². The third kappa shape index (κ3) is 7.43. The second kappa shape index (κ2) is 8.15. The number of hydrogen-bond acceptors (Lipinski definition) is 4. The molecule has 1 aromatic carbocycles. The maximum atomic E-state index is 11.9. The van der Waals surface area contributed by atoms with Crippen molar-refractivity contribution in [3.05, 3.63) is 34.9 Å². The van der Waals surface area contributed by atoms with E-state index in [4.69, 9.17) is 16.3 Å². The molecule has 2 N–H and O–H groups in total. The van der Waals surface area contributed by atoms with E-state index in [1.165, 1.54) is 0 Å². The van der Waals surface area contributed by atoms with Gasteiger partial charge in [-0.25, -0.2) is 4.79 Å². The van der Waals surface area contributed by atoms with E-state index in [1.54, 1.807) is 45.0 Å². The van der Waals surface area contributed by atoms with Gasteiger partial charge in [0.05, 0.1) is 6.10 Å². The standard InChI is InChI=1S/C16H22ClNO4/c1-16(2,3)22-15(21)18-10-13(19)8-9-14(20)11-4-6-12(17)7-5-11/h4-7,13,19H,8-10H2,1-3H3,(H,18,21). The van der Waals surface area contributed by atoms with Crippen LogP contribution in [0.4, 0.5) is 4.79 Å². The monoisotopic (exact) mass is 327 g/mol. The van der Waals surface area contributed by atoms with Gasteiger partial charge in [0.15, 0.2) is 5.78 Å². The Bertz CT molecular complexity index is 508. The summed E-state index contributed by atoms with van der Waals surface area (Å²) in [7, 11) is 0. The molecule has 1 rings (SSSR count). The molecule has 0 aromatic heterocycles. The fourth-order valence-corrected chi connectivity index (χ4v) is 1.82. The minimum atomic E-state index is -0.802. The molecule has 22 heavy (non-hydrogen) atoms. The largest absolute Gasteiger partial charge is 0.444 e. The normalized spacial score (nSPS) is 12.6. The molecule has 1 aromatic rings. The molecule has 0 heterocycles. The molecule has 0 aliphatic rings. The van der Waals surface area contributed by atoms with Crippen molar-refractivity contribution in [3.63, 3.8) is 0 Å². The molecule has 0 aliphatic carbocycles. The topological polar surface area (TPSA) is 75.6 Å². The highest BCUT2D eigenvalue weighted by molar-refractivity contribution is 6.30. The van der Waals surface area contributed by atoms with Crippen molar-refractivity contribution in [2.45, 2.75) is 45.3 Å². The van der Waals surface area contributed by atoms with Gasteiger partial charge in [-0.1, -0.05) is 11.6 Å². The number of Topliss-reactive ketones (excluding diaryl/α,β-unsaturated/α-hetero) is 1. The van der Waals surface area contributed by atoms with Crippen molar-refractivity contribution < 1.29 is 19.4 Å². The quantitative estimate of drug-likeness (QED) is 0.787. The number of benzene rings is 1. The van der Waals surface area contributed by atoms with Gasteiger partial charge in [0.25, 0.3) is 0 Å². The second-order valence-corrected chi connectivity index (χ2v) is 6.44. The summed E-state index contributed by atoms with van der Waals surface area (Å²) in [6.45, 7) is 5.32. The molecule has 1 unspecified atom stereocenters. The first-order valence-corrected chi connectivity index (χ1v) is 7.49. The molecule has 0 saturated heterocycles. The van der Waals surface area contributed by atoms with E-state index < -0.39 is 17.8 Å². The molecule has 0 saturated carbocycles. The third-order valence-corrected chi connectivity index (χ3v) is 3.00. The van der Waals surface area contributed by atoms with E-state index in [-0.39, 0.29) is 25.2 Å². The van der Waals surface area contributed by atoms with Crippen LogP contribution in [0.2, 0.25) is 5.02 Å². The number of alkyl carbamates (subject to hydrolysis) is 1. The number of halogens is 1. The van der Waals surface area contributed by atoms with E-state index in [9.17, 15) is 14.7 Å². The van der Waals surface area contributed by atoms with E-state index in [2.05, 4.69) is 5.32 Å². The van der Waals surface area contributed by atoms with Crippen molar-refractivity contribution in [2.75, 3.05) is 6.54 Å². The minimum absolute atomic E-state index is 0.0445. The van der Waals surface area contributed by atoms with Gasteiger partial charge in [0.2, 0.25) is 0 Å². The van der Waals surface area contributed by atoms with Crippen molar-refractivity contribution in [2.24, 2.45) is 0 Å². The number of amides is 1. The predicted octanol–water partition coefficient (Wildman–Crippen LogP) is 3.19. The maximum Gasteiger partial charge on any atom is 0.407 e.